The van der Waals surface area contributed by atoms with Crippen LogP contribution in [0.3, 0.4) is 0 Å². The average Bonchev–Trinajstić information content (AvgIpc) is 2.45. The van der Waals surface area contributed by atoms with Gasteiger partial charge in [0.2, 0.25) is 0 Å². The Morgan fingerprint density at radius 2 is 2.16 bits per heavy atom. The van der Waals surface area contributed by atoms with Gasteiger partial charge in [0, 0.05) is 18.3 Å². The van der Waals surface area contributed by atoms with Gasteiger partial charge >= 0.3 is 0 Å². The Hall–Kier alpha value is -2.18. The molecule has 4 heteroatoms. The number of nitrogens with zero attached hydrogens (tertiary/aromatic N) is 1. The molecule has 3 nitrogen and oxygen atoms in total. The van der Waals surface area contributed by atoms with Gasteiger partial charge in [0.25, 0.3) is 0 Å². The molecule has 0 fully saturated rings. The van der Waals surface area contributed by atoms with Crippen molar-refractivity contribution in [3.8, 4) is 18.1 Å². The van der Waals surface area contributed by atoms with Crippen molar-refractivity contribution in [3.05, 3.63) is 53.3 Å². The van der Waals surface area contributed by atoms with Crippen molar-refractivity contribution in [2.24, 2.45) is 0 Å². The van der Waals surface area contributed by atoms with E-state index in [0.717, 1.165) is 17.0 Å². The molecule has 1 aromatic carbocycles. The first-order chi connectivity index (χ1) is 9.31. The lowest BCUT2D eigenvalue weighted by Crippen LogP contribution is -2.04. The third-order valence-electron chi connectivity index (χ3n) is 2.52. The number of benzene rings is 1. The number of aromatic nitrogens is 1. The number of halogens is 1. The summed E-state index contributed by atoms with van der Waals surface area (Å²) in [6, 6.07) is 9.46. The fraction of sp³-hybridized carbons (Fsp3) is 0.133. The minimum Gasteiger partial charge on any atom is -0.481 e. The second-order valence-electron chi connectivity index (χ2n) is 3.81. The number of pyridine rings is 1. The topological polar surface area (TPSA) is 34.1 Å². The third-order valence-corrected chi connectivity index (χ3v) is 2.85. The smallest absolute Gasteiger partial charge is 0.148 e. The van der Waals surface area contributed by atoms with E-state index in [1.807, 2.05) is 24.3 Å². The SMILES string of the molecule is C#CCOc1ccccc1CNc1cnccc1Cl. The molecule has 0 bridgehead atoms. The molecule has 0 atom stereocenters. The molecule has 19 heavy (non-hydrogen) atoms. The number of hydrogen-bond donors (Lipinski definition) is 1. The van der Waals surface area contributed by atoms with Gasteiger partial charge in [0.1, 0.15) is 12.4 Å². The van der Waals surface area contributed by atoms with E-state index < -0.39 is 0 Å². The van der Waals surface area contributed by atoms with Crippen LogP contribution in [0.1, 0.15) is 5.56 Å². The lowest BCUT2D eigenvalue weighted by molar-refractivity contribution is 0.366. The number of hydrogen-bond acceptors (Lipinski definition) is 3. The predicted molar refractivity (Wildman–Crippen MR) is 77.3 cm³/mol. The van der Waals surface area contributed by atoms with Gasteiger partial charge in [-0.15, -0.1) is 6.42 Å². The largest absolute Gasteiger partial charge is 0.481 e. The summed E-state index contributed by atoms with van der Waals surface area (Å²) in [4.78, 5) is 4.03. The third kappa shape index (κ3) is 3.64. The fourth-order valence-electron chi connectivity index (χ4n) is 1.61. The molecule has 0 amide bonds. The van der Waals surface area contributed by atoms with E-state index in [4.69, 9.17) is 22.8 Å². The van der Waals surface area contributed by atoms with Gasteiger partial charge < -0.3 is 10.1 Å². The summed E-state index contributed by atoms with van der Waals surface area (Å²) in [6.07, 6.45) is 8.53. The highest BCUT2D eigenvalue weighted by molar-refractivity contribution is 6.33. The van der Waals surface area contributed by atoms with Gasteiger partial charge in [0.15, 0.2) is 0 Å². The van der Waals surface area contributed by atoms with Crippen LogP contribution in [-0.2, 0) is 6.54 Å². The minimum atomic E-state index is 0.255. The Labute approximate surface area is 117 Å². The van der Waals surface area contributed by atoms with E-state index in [-0.39, 0.29) is 6.61 Å². The van der Waals surface area contributed by atoms with E-state index in [0.29, 0.717) is 11.6 Å². The zero-order valence-electron chi connectivity index (χ0n) is 10.3. The summed E-state index contributed by atoms with van der Waals surface area (Å²) in [7, 11) is 0. The van der Waals surface area contributed by atoms with Crippen LogP contribution >= 0.6 is 11.6 Å². The van der Waals surface area contributed by atoms with Gasteiger partial charge in [-0.1, -0.05) is 35.7 Å². The Balaban J connectivity index is 2.07. The zero-order chi connectivity index (χ0) is 13.5. The number of anilines is 1. The lowest BCUT2D eigenvalue weighted by Gasteiger charge is -2.11. The minimum absolute atomic E-state index is 0.255. The normalized spacial score (nSPS) is 9.68. The quantitative estimate of drug-likeness (QED) is 0.848. The van der Waals surface area contributed by atoms with Gasteiger partial charge in [-0.25, -0.2) is 0 Å². The number of terminal acetylenes is 1. The molecular formula is C15H13ClN2O. The second-order valence-corrected chi connectivity index (χ2v) is 4.22. The molecule has 96 valence electrons. The Morgan fingerprint density at radius 3 is 2.95 bits per heavy atom. The Morgan fingerprint density at radius 1 is 1.32 bits per heavy atom. The lowest BCUT2D eigenvalue weighted by atomic mass is 10.2. The molecule has 0 aliphatic carbocycles. The molecule has 0 spiro atoms. The number of rotatable bonds is 5. The highest BCUT2D eigenvalue weighted by Crippen LogP contribution is 2.23. The molecule has 2 rings (SSSR count). The monoisotopic (exact) mass is 272 g/mol. The standard InChI is InChI=1S/C15H13ClN2O/c1-2-9-19-15-6-4-3-5-12(15)10-18-14-11-17-8-7-13(14)16/h1,3-8,11,18H,9-10H2. The molecule has 1 heterocycles. The van der Waals surface area contributed by atoms with E-state index in [1.54, 1.807) is 18.5 Å². The van der Waals surface area contributed by atoms with Gasteiger partial charge in [0.05, 0.1) is 16.9 Å². The van der Waals surface area contributed by atoms with Gasteiger partial charge in [-0.2, -0.15) is 0 Å². The first-order valence-electron chi connectivity index (χ1n) is 5.79. The highest BCUT2D eigenvalue weighted by atomic mass is 35.5. The maximum atomic E-state index is 6.05. The van der Waals surface area contributed by atoms with Crippen molar-refractivity contribution >= 4 is 17.3 Å². The summed E-state index contributed by atoms with van der Waals surface area (Å²) in [5.74, 6) is 3.22. The van der Waals surface area contributed by atoms with E-state index in [2.05, 4.69) is 16.2 Å². The first kappa shape index (κ1) is 13.3. The van der Waals surface area contributed by atoms with Crippen LogP contribution in [0.15, 0.2) is 42.7 Å². The van der Waals surface area contributed by atoms with Crippen LogP contribution in [0.4, 0.5) is 5.69 Å². The van der Waals surface area contributed by atoms with E-state index >= 15 is 0 Å². The fourth-order valence-corrected chi connectivity index (χ4v) is 1.78. The summed E-state index contributed by atoms with van der Waals surface area (Å²) < 4.78 is 5.48. The first-order valence-corrected chi connectivity index (χ1v) is 6.16. The summed E-state index contributed by atoms with van der Waals surface area (Å²) >= 11 is 6.05. The van der Waals surface area contributed by atoms with Crippen molar-refractivity contribution < 1.29 is 4.74 Å². The van der Waals surface area contributed by atoms with Crippen molar-refractivity contribution in [1.29, 1.82) is 0 Å². The molecule has 2 aromatic rings. The van der Waals surface area contributed by atoms with Crippen LogP contribution in [0.25, 0.3) is 0 Å². The molecule has 0 aliphatic heterocycles. The number of nitrogens with one attached hydrogen (secondary N) is 1. The number of ether oxygens (including phenoxy) is 1. The second kappa shape index (κ2) is 6.67. The molecule has 0 aliphatic rings. The van der Waals surface area contributed by atoms with Gasteiger partial charge in [-0.3, -0.25) is 4.98 Å². The number of para-hydroxylation sites is 1. The van der Waals surface area contributed by atoms with Crippen LogP contribution in [-0.4, -0.2) is 11.6 Å². The van der Waals surface area contributed by atoms with Crippen LogP contribution < -0.4 is 10.1 Å². The average molecular weight is 273 g/mol. The summed E-state index contributed by atoms with van der Waals surface area (Å²) in [5.41, 5.74) is 1.80. The van der Waals surface area contributed by atoms with Gasteiger partial charge in [-0.05, 0) is 12.1 Å². The van der Waals surface area contributed by atoms with Crippen LogP contribution in [0.2, 0.25) is 5.02 Å². The predicted octanol–water partition coefficient (Wildman–Crippen LogP) is 3.36. The van der Waals surface area contributed by atoms with E-state index in [9.17, 15) is 0 Å². The highest BCUT2D eigenvalue weighted by Gasteiger charge is 2.04. The molecule has 0 saturated heterocycles. The summed E-state index contributed by atoms with van der Waals surface area (Å²) in [6.45, 7) is 0.844. The van der Waals surface area contributed by atoms with Crippen LogP contribution in [0.5, 0.6) is 5.75 Å². The molecular weight excluding hydrogens is 260 g/mol. The van der Waals surface area contributed by atoms with E-state index in [1.165, 1.54) is 0 Å². The maximum absolute atomic E-state index is 6.05. The van der Waals surface area contributed by atoms with Crippen LogP contribution in [0, 0.1) is 12.3 Å². The molecule has 0 saturated carbocycles. The Bertz CT molecular complexity index is 593. The zero-order valence-corrected chi connectivity index (χ0v) is 11.0. The summed E-state index contributed by atoms with van der Waals surface area (Å²) in [5, 5.41) is 3.86. The molecule has 1 aromatic heterocycles. The molecule has 1 N–H and O–H groups in total. The Kier molecular flexibility index (Phi) is 4.66. The van der Waals surface area contributed by atoms with Crippen molar-refractivity contribution in [2.75, 3.05) is 11.9 Å². The van der Waals surface area contributed by atoms with Crippen molar-refractivity contribution in [1.82, 2.24) is 4.98 Å². The van der Waals surface area contributed by atoms with Crippen molar-refractivity contribution in [3.63, 3.8) is 0 Å². The van der Waals surface area contributed by atoms with Crippen molar-refractivity contribution in [2.45, 2.75) is 6.54 Å². The maximum Gasteiger partial charge on any atom is 0.148 e. The molecule has 0 unspecified atom stereocenters. The molecule has 0 radical (unpaired) electrons.